The van der Waals surface area contributed by atoms with Gasteiger partial charge in [-0.1, -0.05) is 30.3 Å². The summed E-state index contributed by atoms with van der Waals surface area (Å²) < 4.78 is 21.6. The Morgan fingerprint density at radius 1 is 0.800 bits per heavy atom. The van der Waals surface area contributed by atoms with Crippen molar-refractivity contribution < 1.29 is 18.9 Å². The number of rotatable bonds is 9. The minimum Gasteiger partial charge on any atom is -0.497 e. The molecule has 3 aromatic carbocycles. The molecule has 0 saturated carbocycles. The molecule has 1 aliphatic heterocycles. The molecule has 5 heteroatoms. The highest BCUT2D eigenvalue weighted by Crippen LogP contribution is 2.37. The van der Waals surface area contributed by atoms with E-state index in [-0.39, 0.29) is 12.7 Å². The molecular weight excluding hydrogens is 378 g/mol. The van der Waals surface area contributed by atoms with Crippen LogP contribution in [0.25, 0.3) is 0 Å². The van der Waals surface area contributed by atoms with E-state index in [2.05, 4.69) is 41.7 Å². The summed E-state index contributed by atoms with van der Waals surface area (Å²) in [5, 5.41) is 3.56. The van der Waals surface area contributed by atoms with Crippen molar-refractivity contribution in [2.24, 2.45) is 0 Å². The van der Waals surface area contributed by atoms with Gasteiger partial charge >= 0.3 is 0 Å². The number of methoxy groups -OCH3 is 2. The van der Waals surface area contributed by atoms with E-state index in [4.69, 9.17) is 18.9 Å². The van der Waals surface area contributed by atoms with Gasteiger partial charge in [0.15, 0.2) is 11.5 Å². The van der Waals surface area contributed by atoms with Crippen LogP contribution < -0.4 is 24.3 Å². The SMILES string of the molecule is COc1ccc(CNCC[C@@H](c2ccc(OC)cc2)c2ccc3c(c2)OCO3)cc1. The van der Waals surface area contributed by atoms with Crippen molar-refractivity contribution in [2.45, 2.75) is 18.9 Å². The lowest BCUT2D eigenvalue weighted by Gasteiger charge is -2.19. The van der Waals surface area contributed by atoms with E-state index >= 15 is 0 Å². The molecule has 0 radical (unpaired) electrons. The fourth-order valence-electron chi connectivity index (χ4n) is 3.71. The van der Waals surface area contributed by atoms with E-state index in [0.29, 0.717) is 0 Å². The lowest BCUT2D eigenvalue weighted by Crippen LogP contribution is -2.17. The summed E-state index contributed by atoms with van der Waals surface area (Å²) in [5.41, 5.74) is 3.71. The second kappa shape index (κ2) is 9.55. The Labute approximate surface area is 177 Å². The molecule has 1 N–H and O–H groups in total. The summed E-state index contributed by atoms with van der Waals surface area (Å²) in [4.78, 5) is 0. The Morgan fingerprint density at radius 2 is 1.43 bits per heavy atom. The average Bonchev–Trinajstić information content (AvgIpc) is 3.27. The van der Waals surface area contributed by atoms with Gasteiger partial charge in [0, 0.05) is 12.5 Å². The highest BCUT2D eigenvalue weighted by atomic mass is 16.7. The zero-order valence-electron chi connectivity index (χ0n) is 17.4. The molecule has 30 heavy (non-hydrogen) atoms. The maximum Gasteiger partial charge on any atom is 0.231 e. The van der Waals surface area contributed by atoms with Gasteiger partial charge in [-0.3, -0.25) is 0 Å². The predicted molar refractivity (Wildman–Crippen MR) is 117 cm³/mol. The van der Waals surface area contributed by atoms with Gasteiger partial charge in [0.25, 0.3) is 0 Å². The fraction of sp³-hybridized carbons (Fsp3) is 0.280. The Balaban J connectivity index is 1.45. The normalized spacial score (nSPS) is 13.1. The lowest BCUT2D eigenvalue weighted by molar-refractivity contribution is 0.174. The van der Waals surface area contributed by atoms with Crippen LogP contribution in [0.5, 0.6) is 23.0 Å². The van der Waals surface area contributed by atoms with Crippen molar-refractivity contribution >= 4 is 0 Å². The van der Waals surface area contributed by atoms with Crippen LogP contribution in [0.3, 0.4) is 0 Å². The van der Waals surface area contributed by atoms with Crippen molar-refractivity contribution in [2.75, 3.05) is 27.6 Å². The largest absolute Gasteiger partial charge is 0.497 e. The Hall–Kier alpha value is -3.18. The summed E-state index contributed by atoms with van der Waals surface area (Å²) in [7, 11) is 3.37. The first-order valence-electron chi connectivity index (χ1n) is 10.1. The summed E-state index contributed by atoms with van der Waals surface area (Å²) in [6.45, 7) is 1.99. The molecule has 4 rings (SSSR count). The summed E-state index contributed by atoms with van der Waals surface area (Å²) in [6.07, 6.45) is 0.960. The van der Waals surface area contributed by atoms with Gasteiger partial charge in [0.1, 0.15) is 11.5 Å². The Kier molecular flexibility index (Phi) is 6.40. The molecule has 0 spiro atoms. The van der Waals surface area contributed by atoms with Crippen LogP contribution >= 0.6 is 0 Å². The summed E-state index contributed by atoms with van der Waals surface area (Å²) in [5.74, 6) is 3.61. The van der Waals surface area contributed by atoms with Gasteiger partial charge in [-0.05, 0) is 66.1 Å². The van der Waals surface area contributed by atoms with Crippen LogP contribution in [0.2, 0.25) is 0 Å². The van der Waals surface area contributed by atoms with E-state index in [9.17, 15) is 0 Å². The van der Waals surface area contributed by atoms with Gasteiger partial charge in [0.05, 0.1) is 14.2 Å². The molecule has 156 valence electrons. The molecule has 0 amide bonds. The molecule has 0 aliphatic carbocycles. The maximum absolute atomic E-state index is 5.60. The minimum atomic E-state index is 0.244. The number of nitrogens with one attached hydrogen (secondary N) is 1. The second-order valence-electron chi connectivity index (χ2n) is 7.25. The zero-order valence-corrected chi connectivity index (χ0v) is 17.4. The topological polar surface area (TPSA) is 49.0 Å². The van der Waals surface area contributed by atoms with E-state index in [1.165, 1.54) is 16.7 Å². The summed E-state index contributed by atoms with van der Waals surface area (Å²) in [6, 6.07) is 22.7. The highest BCUT2D eigenvalue weighted by Gasteiger charge is 2.19. The number of hydrogen-bond acceptors (Lipinski definition) is 5. The van der Waals surface area contributed by atoms with Crippen molar-refractivity contribution in [3.63, 3.8) is 0 Å². The molecule has 5 nitrogen and oxygen atoms in total. The third-order valence-corrected chi connectivity index (χ3v) is 5.42. The molecule has 0 bridgehead atoms. The molecule has 1 aliphatic rings. The van der Waals surface area contributed by atoms with Crippen molar-refractivity contribution in [3.8, 4) is 23.0 Å². The number of benzene rings is 3. The first-order chi connectivity index (χ1) is 14.8. The fourth-order valence-corrected chi connectivity index (χ4v) is 3.71. The third kappa shape index (κ3) is 4.69. The van der Waals surface area contributed by atoms with Crippen LogP contribution in [0.4, 0.5) is 0 Å². The molecule has 0 fully saturated rings. The third-order valence-electron chi connectivity index (χ3n) is 5.42. The van der Waals surface area contributed by atoms with Crippen LogP contribution in [-0.4, -0.2) is 27.6 Å². The molecule has 0 unspecified atom stereocenters. The highest BCUT2D eigenvalue weighted by molar-refractivity contribution is 5.47. The van der Waals surface area contributed by atoms with E-state index in [1.54, 1.807) is 14.2 Å². The predicted octanol–water partition coefficient (Wildman–Crippen LogP) is 4.74. The second-order valence-corrected chi connectivity index (χ2v) is 7.25. The van der Waals surface area contributed by atoms with Gasteiger partial charge in [-0.15, -0.1) is 0 Å². The molecule has 1 atom stereocenters. The standard InChI is InChI=1S/C25H27NO4/c1-27-21-8-3-18(4-9-21)16-26-14-13-23(19-5-10-22(28-2)11-6-19)20-7-12-24-25(15-20)30-17-29-24/h3-12,15,23,26H,13-14,16-17H2,1-2H3/t23-/m0/s1. The van der Waals surface area contributed by atoms with E-state index < -0.39 is 0 Å². The number of fused-ring (bicyclic) bond motifs is 1. The maximum atomic E-state index is 5.60. The first-order valence-corrected chi connectivity index (χ1v) is 10.1. The van der Waals surface area contributed by atoms with Gasteiger partial charge in [0.2, 0.25) is 6.79 Å². The molecular formula is C25H27NO4. The van der Waals surface area contributed by atoms with Crippen LogP contribution in [0.1, 0.15) is 29.0 Å². The number of ether oxygens (including phenoxy) is 4. The van der Waals surface area contributed by atoms with Crippen LogP contribution in [0, 0.1) is 0 Å². The zero-order chi connectivity index (χ0) is 20.8. The van der Waals surface area contributed by atoms with Gasteiger partial charge < -0.3 is 24.3 Å². The first kappa shape index (κ1) is 20.1. The van der Waals surface area contributed by atoms with Crippen molar-refractivity contribution in [1.82, 2.24) is 5.32 Å². The average molecular weight is 405 g/mol. The van der Waals surface area contributed by atoms with Crippen LogP contribution in [0.15, 0.2) is 66.7 Å². The lowest BCUT2D eigenvalue weighted by atomic mass is 9.88. The molecule has 1 heterocycles. The summed E-state index contributed by atoms with van der Waals surface area (Å²) >= 11 is 0. The van der Waals surface area contributed by atoms with Gasteiger partial charge in [-0.2, -0.15) is 0 Å². The minimum absolute atomic E-state index is 0.244. The van der Waals surface area contributed by atoms with Gasteiger partial charge in [-0.25, -0.2) is 0 Å². The quantitative estimate of drug-likeness (QED) is 0.521. The van der Waals surface area contributed by atoms with E-state index in [1.807, 2.05) is 30.3 Å². The Bertz CT molecular complexity index is 954. The molecule has 0 saturated heterocycles. The molecule has 0 aromatic heterocycles. The van der Waals surface area contributed by atoms with Crippen LogP contribution in [-0.2, 0) is 6.54 Å². The van der Waals surface area contributed by atoms with E-state index in [0.717, 1.165) is 42.5 Å². The monoisotopic (exact) mass is 405 g/mol. The number of hydrogen-bond donors (Lipinski definition) is 1. The molecule has 3 aromatic rings. The van der Waals surface area contributed by atoms with Crippen molar-refractivity contribution in [1.29, 1.82) is 0 Å². The Morgan fingerprint density at radius 3 is 2.13 bits per heavy atom. The smallest absolute Gasteiger partial charge is 0.231 e. The van der Waals surface area contributed by atoms with Crippen molar-refractivity contribution in [3.05, 3.63) is 83.4 Å².